The van der Waals surface area contributed by atoms with Crippen molar-refractivity contribution in [2.24, 2.45) is 0 Å². The van der Waals surface area contributed by atoms with Crippen molar-refractivity contribution in [2.75, 3.05) is 26.7 Å². The van der Waals surface area contributed by atoms with Gasteiger partial charge in [-0.1, -0.05) is 18.2 Å². The number of phenols is 1. The third kappa shape index (κ3) is 4.01. The van der Waals surface area contributed by atoms with Crippen LogP contribution in [0.4, 0.5) is 0 Å². The zero-order valence-electron chi connectivity index (χ0n) is 15.4. The molecular formula is C21H27NO4. The van der Waals surface area contributed by atoms with Gasteiger partial charge < -0.3 is 25.0 Å². The minimum atomic E-state index is -0.856. The summed E-state index contributed by atoms with van der Waals surface area (Å²) in [7, 11) is 1.62. The molecule has 1 aliphatic heterocycles. The van der Waals surface area contributed by atoms with Crippen LogP contribution in [0.3, 0.4) is 0 Å². The molecule has 3 rings (SSSR count). The molecule has 5 heteroatoms. The topological polar surface area (TPSA) is 73.2 Å². The van der Waals surface area contributed by atoms with Crippen LogP contribution in [-0.4, -0.2) is 47.0 Å². The minimum absolute atomic E-state index is 0.238. The summed E-state index contributed by atoms with van der Waals surface area (Å²) in [6, 6.07) is 12.8. The van der Waals surface area contributed by atoms with Gasteiger partial charge in [0.15, 0.2) is 0 Å². The molecule has 1 heterocycles. The molecule has 1 fully saturated rings. The minimum Gasteiger partial charge on any atom is -0.508 e. The van der Waals surface area contributed by atoms with Crippen LogP contribution in [0.25, 0.3) is 0 Å². The van der Waals surface area contributed by atoms with Crippen LogP contribution in [-0.2, 0) is 5.60 Å². The van der Waals surface area contributed by atoms with Crippen LogP contribution < -0.4 is 4.74 Å². The molecule has 0 aliphatic carbocycles. The number of ether oxygens (including phenoxy) is 1. The van der Waals surface area contributed by atoms with E-state index in [9.17, 15) is 15.3 Å². The fourth-order valence-electron chi connectivity index (χ4n) is 3.54. The third-order valence-corrected chi connectivity index (χ3v) is 5.33. The van der Waals surface area contributed by atoms with Gasteiger partial charge >= 0.3 is 0 Å². The average molecular weight is 357 g/mol. The normalized spacial score (nSPS) is 18.5. The van der Waals surface area contributed by atoms with Gasteiger partial charge in [-0.3, -0.25) is 0 Å². The Kier molecular flexibility index (Phi) is 5.51. The molecule has 1 aliphatic rings. The predicted molar refractivity (Wildman–Crippen MR) is 100 cm³/mol. The lowest BCUT2D eigenvalue weighted by Crippen LogP contribution is -2.43. The molecule has 2 aromatic rings. The van der Waals surface area contributed by atoms with Gasteiger partial charge in [-0.05, 0) is 60.7 Å². The average Bonchev–Trinajstić information content (AvgIpc) is 2.66. The third-order valence-electron chi connectivity index (χ3n) is 5.33. The first-order valence-corrected chi connectivity index (χ1v) is 8.98. The molecule has 0 aromatic heterocycles. The van der Waals surface area contributed by atoms with Crippen molar-refractivity contribution in [3.8, 4) is 11.5 Å². The summed E-state index contributed by atoms with van der Waals surface area (Å²) < 4.78 is 5.26. The number of hydrogen-bond acceptors (Lipinski definition) is 5. The fourth-order valence-corrected chi connectivity index (χ4v) is 3.54. The van der Waals surface area contributed by atoms with Gasteiger partial charge in [0.05, 0.1) is 18.8 Å². The second kappa shape index (κ2) is 7.66. The van der Waals surface area contributed by atoms with Crippen molar-refractivity contribution in [2.45, 2.75) is 31.5 Å². The van der Waals surface area contributed by atoms with Crippen molar-refractivity contribution < 1.29 is 20.1 Å². The first-order valence-electron chi connectivity index (χ1n) is 8.98. The van der Waals surface area contributed by atoms with Gasteiger partial charge in [-0.15, -0.1) is 0 Å². The lowest BCUT2D eigenvalue weighted by molar-refractivity contribution is -0.0345. The van der Waals surface area contributed by atoms with Crippen LogP contribution in [0, 0.1) is 6.92 Å². The number of piperidine rings is 1. The van der Waals surface area contributed by atoms with Gasteiger partial charge in [0.25, 0.3) is 0 Å². The van der Waals surface area contributed by atoms with Crippen LogP contribution in [0.5, 0.6) is 11.5 Å². The quantitative estimate of drug-likeness (QED) is 0.767. The standard InChI is InChI=1S/C21H27NO4/c1-15-12-16(6-7-19(15)23)20(24)14-22-10-8-21(25,9-11-22)17-4-3-5-18(13-17)26-2/h3-7,12-13,20,23-25H,8-11,14H2,1-2H3. The van der Waals surface area contributed by atoms with E-state index in [1.807, 2.05) is 37.3 Å². The molecule has 140 valence electrons. The molecule has 0 bridgehead atoms. The summed E-state index contributed by atoms with van der Waals surface area (Å²) >= 11 is 0. The number of likely N-dealkylation sites (tertiary alicyclic amines) is 1. The van der Waals surface area contributed by atoms with E-state index in [0.717, 1.165) is 22.4 Å². The summed E-state index contributed by atoms with van der Waals surface area (Å²) in [6.45, 7) is 3.75. The number of hydrogen-bond donors (Lipinski definition) is 3. The van der Waals surface area contributed by atoms with Crippen molar-refractivity contribution in [1.82, 2.24) is 4.90 Å². The molecule has 0 spiro atoms. The van der Waals surface area contributed by atoms with E-state index in [1.54, 1.807) is 19.2 Å². The maximum atomic E-state index is 11.0. The summed E-state index contributed by atoms with van der Waals surface area (Å²) in [5, 5.41) is 31.1. The van der Waals surface area contributed by atoms with E-state index in [-0.39, 0.29) is 5.75 Å². The molecule has 3 N–H and O–H groups in total. The Morgan fingerprint density at radius 1 is 1.15 bits per heavy atom. The molecular weight excluding hydrogens is 330 g/mol. The van der Waals surface area contributed by atoms with E-state index in [2.05, 4.69) is 4.90 Å². The first-order chi connectivity index (χ1) is 12.4. The van der Waals surface area contributed by atoms with Gasteiger partial charge in [0.1, 0.15) is 11.5 Å². The number of aliphatic hydroxyl groups is 2. The number of aliphatic hydroxyl groups excluding tert-OH is 1. The number of rotatable bonds is 5. The van der Waals surface area contributed by atoms with Crippen molar-refractivity contribution in [1.29, 1.82) is 0 Å². The number of β-amino-alcohol motifs (C(OH)–C–C–N with tert-alkyl or cyclic N) is 1. The predicted octanol–water partition coefficient (Wildman–Crippen LogP) is 2.73. The Hall–Kier alpha value is -2.08. The van der Waals surface area contributed by atoms with Crippen molar-refractivity contribution >= 4 is 0 Å². The highest BCUT2D eigenvalue weighted by molar-refractivity contribution is 5.36. The molecule has 1 unspecified atom stereocenters. The zero-order chi connectivity index (χ0) is 18.7. The SMILES string of the molecule is COc1cccc(C2(O)CCN(CC(O)c3ccc(O)c(C)c3)CC2)c1. The molecule has 2 aromatic carbocycles. The summed E-state index contributed by atoms with van der Waals surface area (Å²) in [5.41, 5.74) is 1.58. The lowest BCUT2D eigenvalue weighted by atomic mass is 9.84. The molecule has 0 saturated carbocycles. The molecule has 0 radical (unpaired) electrons. The maximum absolute atomic E-state index is 11.0. The Morgan fingerprint density at radius 3 is 2.54 bits per heavy atom. The van der Waals surface area contributed by atoms with E-state index in [0.29, 0.717) is 32.5 Å². The smallest absolute Gasteiger partial charge is 0.119 e. The Balaban J connectivity index is 1.61. The Morgan fingerprint density at radius 2 is 1.88 bits per heavy atom. The largest absolute Gasteiger partial charge is 0.508 e. The number of methoxy groups -OCH3 is 1. The van der Waals surface area contributed by atoms with E-state index >= 15 is 0 Å². The first kappa shape index (κ1) is 18.7. The Bertz CT molecular complexity index is 753. The number of benzene rings is 2. The second-order valence-electron chi connectivity index (χ2n) is 7.13. The van der Waals surface area contributed by atoms with Crippen molar-refractivity contribution in [3.05, 3.63) is 59.2 Å². The number of nitrogens with zero attached hydrogens (tertiary/aromatic N) is 1. The van der Waals surface area contributed by atoms with Gasteiger partial charge in [-0.2, -0.15) is 0 Å². The monoisotopic (exact) mass is 357 g/mol. The highest BCUT2D eigenvalue weighted by Crippen LogP contribution is 2.35. The van der Waals surface area contributed by atoms with Gasteiger partial charge in [-0.25, -0.2) is 0 Å². The molecule has 0 amide bonds. The number of aromatic hydroxyl groups is 1. The highest BCUT2D eigenvalue weighted by Gasteiger charge is 2.34. The van der Waals surface area contributed by atoms with Crippen LogP contribution >= 0.6 is 0 Å². The molecule has 1 saturated heterocycles. The van der Waals surface area contributed by atoms with Crippen LogP contribution in [0.2, 0.25) is 0 Å². The lowest BCUT2D eigenvalue weighted by Gasteiger charge is -2.39. The van der Waals surface area contributed by atoms with Crippen molar-refractivity contribution in [3.63, 3.8) is 0 Å². The second-order valence-corrected chi connectivity index (χ2v) is 7.13. The van der Waals surface area contributed by atoms with E-state index in [1.165, 1.54) is 0 Å². The summed E-state index contributed by atoms with van der Waals surface area (Å²) in [5.74, 6) is 0.985. The highest BCUT2D eigenvalue weighted by atomic mass is 16.5. The maximum Gasteiger partial charge on any atom is 0.119 e. The molecule has 5 nitrogen and oxygen atoms in total. The zero-order valence-corrected chi connectivity index (χ0v) is 15.4. The number of aryl methyl sites for hydroxylation is 1. The fraction of sp³-hybridized carbons (Fsp3) is 0.429. The van der Waals surface area contributed by atoms with Crippen LogP contribution in [0.15, 0.2) is 42.5 Å². The van der Waals surface area contributed by atoms with Gasteiger partial charge in [0, 0.05) is 19.6 Å². The number of phenolic OH excluding ortho intramolecular Hbond substituents is 1. The molecule has 1 atom stereocenters. The summed E-state index contributed by atoms with van der Waals surface area (Å²) in [4.78, 5) is 2.17. The van der Waals surface area contributed by atoms with E-state index < -0.39 is 11.7 Å². The van der Waals surface area contributed by atoms with Crippen LogP contribution in [0.1, 0.15) is 35.6 Å². The molecule has 26 heavy (non-hydrogen) atoms. The Labute approximate surface area is 154 Å². The summed E-state index contributed by atoms with van der Waals surface area (Å²) in [6.07, 6.45) is 0.612. The van der Waals surface area contributed by atoms with E-state index in [4.69, 9.17) is 4.74 Å². The van der Waals surface area contributed by atoms with Gasteiger partial charge in [0.2, 0.25) is 0 Å².